The minimum atomic E-state index is -0.0549. The maximum atomic E-state index is 11.9. The lowest BCUT2D eigenvalue weighted by Gasteiger charge is -2.18. The molecule has 0 aliphatic heterocycles. The van der Waals surface area contributed by atoms with Crippen LogP contribution in [-0.4, -0.2) is 43.6 Å². The van der Waals surface area contributed by atoms with Gasteiger partial charge in [0.25, 0.3) is 5.91 Å². The van der Waals surface area contributed by atoms with E-state index in [4.69, 9.17) is 4.74 Å². The van der Waals surface area contributed by atoms with Crippen molar-refractivity contribution >= 4 is 5.91 Å². The molecule has 0 spiro atoms. The molecule has 4 heteroatoms. The molecule has 0 bridgehead atoms. The van der Waals surface area contributed by atoms with Crippen LogP contribution in [0.1, 0.15) is 51.2 Å². The smallest absolute Gasteiger partial charge is 0.257 e. The van der Waals surface area contributed by atoms with Crippen molar-refractivity contribution in [1.82, 2.24) is 10.2 Å². The first kappa shape index (κ1) is 19.5. The van der Waals surface area contributed by atoms with Gasteiger partial charge in [-0.25, -0.2) is 0 Å². The summed E-state index contributed by atoms with van der Waals surface area (Å²) in [5.41, 5.74) is 2.29. The third-order valence-electron chi connectivity index (χ3n) is 4.02. The van der Waals surface area contributed by atoms with E-state index >= 15 is 0 Å². The van der Waals surface area contributed by atoms with Crippen LogP contribution in [0.5, 0.6) is 5.75 Å². The Morgan fingerprint density at radius 1 is 1.26 bits per heavy atom. The number of aryl methyl sites for hydroxylation is 1. The normalized spacial score (nSPS) is 11.1. The molecule has 0 saturated heterocycles. The first-order valence-electron chi connectivity index (χ1n) is 8.70. The van der Waals surface area contributed by atoms with Crippen LogP contribution in [0.4, 0.5) is 0 Å². The summed E-state index contributed by atoms with van der Waals surface area (Å²) in [6.45, 7) is 14.5. The Morgan fingerprint density at radius 2 is 1.96 bits per heavy atom. The predicted octanol–water partition coefficient (Wildman–Crippen LogP) is 3.35. The molecule has 1 aromatic rings. The molecule has 0 aliphatic rings. The fourth-order valence-corrected chi connectivity index (χ4v) is 2.51. The molecule has 1 amide bonds. The van der Waals surface area contributed by atoms with Gasteiger partial charge in [0.1, 0.15) is 5.75 Å². The van der Waals surface area contributed by atoms with E-state index in [2.05, 4.69) is 50.0 Å². The number of hydrogen-bond donors (Lipinski definition) is 1. The number of nitrogens with one attached hydrogen (secondary N) is 1. The van der Waals surface area contributed by atoms with E-state index < -0.39 is 0 Å². The van der Waals surface area contributed by atoms with Crippen LogP contribution >= 0.6 is 0 Å². The SMILES string of the molecule is CCN(CC)CCCNC(=O)COc1cc(C)ccc1C(C)C. The van der Waals surface area contributed by atoms with Gasteiger partial charge in [0.15, 0.2) is 6.61 Å². The summed E-state index contributed by atoms with van der Waals surface area (Å²) in [5, 5.41) is 2.93. The lowest BCUT2D eigenvalue weighted by Crippen LogP contribution is -2.32. The number of rotatable bonds is 10. The second-order valence-corrected chi connectivity index (χ2v) is 6.22. The molecule has 0 heterocycles. The minimum Gasteiger partial charge on any atom is -0.483 e. The zero-order valence-electron chi connectivity index (χ0n) is 15.3. The molecule has 1 N–H and O–H groups in total. The average molecular weight is 320 g/mol. The molecule has 0 unspecified atom stereocenters. The van der Waals surface area contributed by atoms with E-state index in [0.29, 0.717) is 12.5 Å². The highest BCUT2D eigenvalue weighted by atomic mass is 16.5. The lowest BCUT2D eigenvalue weighted by molar-refractivity contribution is -0.123. The summed E-state index contributed by atoms with van der Waals surface area (Å²) in [5.74, 6) is 1.14. The third-order valence-corrected chi connectivity index (χ3v) is 4.02. The predicted molar refractivity (Wildman–Crippen MR) is 96.2 cm³/mol. The molecule has 0 radical (unpaired) electrons. The molecule has 0 aliphatic carbocycles. The van der Waals surface area contributed by atoms with Crippen molar-refractivity contribution in [3.63, 3.8) is 0 Å². The molecule has 1 aromatic carbocycles. The van der Waals surface area contributed by atoms with E-state index in [-0.39, 0.29) is 12.5 Å². The number of benzene rings is 1. The highest BCUT2D eigenvalue weighted by Crippen LogP contribution is 2.27. The van der Waals surface area contributed by atoms with Crippen molar-refractivity contribution in [3.05, 3.63) is 29.3 Å². The van der Waals surface area contributed by atoms with Gasteiger partial charge in [0, 0.05) is 6.54 Å². The van der Waals surface area contributed by atoms with Crippen molar-refractivity contribution in [2.45, 2.75) is 47.0 Å². The largest absolute Gasteiger partial charge is 0.483 e. The molecule has 0 atom stereocenters. The zero-order chi connectivity index (χ0) is 17.2. The number of nitrogens with zero attached hydrogens (tertiary/aromatic N) is 1. The van der Waals surface area contributed by atoms with Gasteiger partial charge < -0.3 is 15.0 Å². The van der Waals surface area contributed by atoms with Gasteiger partial charge in [-0.15, -0.1) is 0 Å². The minimum absolute atomic E-state index is 0.0549. The summed E-state index contributed by atoms with van der Waals surface area (Å²) in [4.78, 5) is 14.3. The Kier molecular flexibility index (Phi) is 8.70. The summed E-state index contributed by atoms with van der Waals surface area (Å²) in [7, 11) is 0. The quantitative estimate of drug-likeness (QED) is 0.672. The summed E-state index contributed by atoms with van der Waals surface area (Å²) < 4.78 is 5.74. The van der Waals surface area contributed by atoms with Crippen molar-refractivity contribution < 1.29 is 9.53 Å². The van der Waals surface area contributed by atoms with Crippen LogP contribution in [0, 0.1) is 6.92 Å². The Morgan fingerprint density at radius 3 is 2.57 bits per heavy atom. The molecule has 0 saturated carbocycles. The maximum absolute atomic E-state index is 11.9. The number of amides is 1. The Balaban J connectivity index is 2.38. The van der Waals surface area contributed by atoms with Crippen molar-refractivity contribution in [2.24, 2.45) is 0 Å². The van der Waals surface area contributed by atoms with Crippen molar-refractivity contribution in [1.29, 1.82) is 0 Å². The fraction of sp³-hybridized carbons (Fsp3) is 0.632. The second kappa shape index (κ2) is 10.3. The Bertz CT molecular complexity index is 482. The van der Waals surface area contributed by atoms with Crippen molar-refractivity contribution in [2.75, 3.05) is 32.8 Å². The molecular formula is C19H32N2O2. The monoisotopic (exact) mass is 320 g/mol. The number of carbonyl (C=O) groups excluding carboxylic acids is 1. The summed E-state index contributed by atoms with van der Waals surface area (Å²) >= 11 is 0. The average Bonchev–Trinajstić information content (AvgIpc) is 2.52. The number of carbonyl (C=O) groups is 1. The highest BCUT2D eigenvalue weighted by molar-refractivity contribution is 5.77. The van der Waals surface area contributed by atoms with Gasteiger partial charge in [-0.2, -0.15) is 0 Å². The zero-order valence-corrected chi connectivity index (χ0v) is 15.3. The number of ether oxygens (including phenoxy) is 1. The van der Waals surface area contributed by atoms with Crippen LogP contribution in [0.15, 0.2) is 18.2 Å². The van der Waals surface area contributed by atoms with Gasteiger partial charge in [-0.05, 0) is 56.1 Å². The van der Waals surface area contributed by atoms with Crippen molar-refractivity contribution in [3.8, 4) is 5.75 Å². The fourth-order valence-electron chi connectivity index (χ4n) is 2.51. The first-order valence-corrected chi connectivity index (χ1v) is 8.70. The molecule has 23 heavy (non-hydrogen) atoms. The van der Waals surface area contributed by atoms with E-state index in [9.17, 15) is 4.79 Å². The van der Waals surface area contributed by atoms with Gasteiger partial charge in [0.05, 0.1) is 0 Å². The van der Waals surface area contributed by atoms with Gasteiger partial charge in [-0.3, -0.25) is 4.79 Å². The molecule has 130 valence electrons. The van der Waals surface area contributed by atoms with E-state index in [1.54, 1.807) is 0 Å². The number of hydrogen-bond acceptors (Lipinski definition) is 3. The standard InChI is InChI=1S/C19H32N2O2/c1-6-21(7-2)12-8-11-20-19(22)14-23-18-13-16(5)9-10-17(18)15(3)4/h9-10,13,15H,6-8,11-12,14H2,1-5H3,(H,20,22). The van der Waals surface area contributed by atoms with E-state index in [1.165, 1.54) is 0 Å². The topological polar surface area (TPSA) is 41.6 Å². The summed E-state index contributed by atoms with van der Waals surface area (Å²) in [6, 6.07) is 6.16. The molecule has 1 rings (SSSR count). The molecule has 0 aromatic heterocycles. The van der Waals surface area contributed by atoms with Crippen LogP contribution in [0.2, 0.25) is 0 Å². The van der Waals surface area contributed by atoms with Gasteiger partial charge in [0.2, 0.25) is 0 Å². The van der Waals surface area contributed by atoms with Crippen LogP contribution in [-0.2, 0) is 4.79 Å². The molecule has 0 fully saturated rings. The molecule has 4 nitrogen and oxygen atoms in total. The van der Waals surface area contributed by atoms with Crippen LogP contribution < -0.4 is 10.1 Å². The first-order chi connectivity index (χ1) is 11.0. The second-order valence-electron chi connectivity index (χ2n) is 6.22. The van der Waals surface area contributed by atoms with E-state index in [0.717, 1.165) is 42.9 Å². The summed E-state index contributed by atoms with van der Waals surface area (Å²) in [6.07, 6.45) is 0.967. The van der Waals surface area contributed by atoms with Gasteiger partial charge >= 0.3 is 0 Å². The Labute approximate surface area is 141 Å². The molecular weight excluding hydrogens is 288 g/mol. The van der Waals surface area contributed by atoms with Gasteiger partial charge in [-0.1, -0.05) is 39.8 Å². The van der Waals surface area contributed by atoms with E-state index in [1.807, 2.05) is 13.0 Å². The Hall–Kier alpha value is -1.55. The van der Waals surface area contributed by atoms with Crippen LogP contribution in [0.25, 0.3) is 0 Å². The van der Waals surface area contributed by atoms with Crippen LogP contribution in [0.3, 0.4) is 0 Å². The third kappa shape index (κ3) is 7.04. The maximum Gasteiger partial charge on any atom is 0.257 e. The highest BCUT2D eigenvalue weighted by Gasteiger charge is 2.10. The lowest BCUT2D eigenvalue weighted by atomic mass is 10.0.